The van der Waals surface area contributed by atoms with Crippen molar-refractivity contribution in [2.75, 3.05) is 25.7 Å². The summed E-state index contributed by atoms with van der Waals surface area (Å²) in [5.41, 5.74) is 0. The summed E-state index contributed by atoms with van der Waals surface area (Å²) in [5, 5.41) is 0. The number of hydrogen-bond acceptors (Lipinski definition) is 4. The Morgan fingerprint density at radius 2 is 0.634 bits per heavy atom. The molecule has 0 aliphatic heterocycles. The Kier molecular flexibility index (Phi) is 38.9. The lowest BCUT2D eigenvalue weighted by molar-refractivity contribution is 0.145. The molecule has 0 radical (unpaired) electrons. The van der Waals surface area contributed by atoms with Crippen molar-refractivity contribution in [1.82, 2.24) is 0 Å². The fourth-order valence-electron chi connectivity index (χ4n) is 4.99. The second-order valence-electron chi connectivity index (χ2n) is 12.1. The molecule has 7 heteroatoms. The predicted molar refractivity (Wildman–Crippen MR) is 182 cm³/mol. The Bertz CT molecular complexity index is 481. The Morgan fingerprint density at radius 3 is 0.829 bits per heavy atom. The number of unbranched alkanes of at least 4 members (excludes halogenated alkanes) is 26. The van der Waals surface area contributed by atoms with E-state index >= 15 is 0 Å². The van der Waals surface area contributed by atoms with E-state index in [1.165, 1.54) is 154 Å². The molecule has 0 aromatic heterocycles. The van der Waals surface area contributed by atoms with Crippen LogP contribution in [-0.2, 0) is 24.8 Å². The van der Waals surface area contributed by atoms with Crippen molar-refractivity contribution in [2.45, 2.75) is 194 Å². The molecule has 0 aromatic carbocycles. The first-order valence-corrected chi connectivity index (χ1v) is 21.2. The maximum Gasteiger partial charge on any atom is 0.472 e. The van der Waals surface area contributed by atoms with Crippen LogP contribution in [0.1, 0.15) is 194 Å². The monoisotopic (exact) mass is 624 g/mol. The van der Waals surface area contributed by atoms with E-state index in [1.54, 1.807) is 12.5 Å². The Labute approximate surface area is 260 Å². The van der Waals surface area contributed by atoms with Crippen molar-refractivity contribution >= 4 is 19.0 Å². The van der Waals surface area contributed by atoms with Crippen LogP contribution in [0.2, 0.25) is 0 Å². The smallest absolute Gasteiger partial charge is 0.472 e. The minimum atomic E-state index is -3.87. The number of hydrogen-bond donors (Lipinski definition) is 1. The van der Waals surface area contributed by atoms with Gasteiger partial charge in [-0.25, -0.2) is 4.57 Å². The Balaban J connectivity index is 0. The molecule has 0 fully saturated rings. The third-order valence-corrected chi connectivity index (χ3v) is 8.52. The van der Waals surface area contributed by atoms with Crippen LogP contribution in [0.5, 0.6) is 0 Å². The Hall–Kier alpha value is 0.420. The maximum absolute atomic E-state index is 12.0. The minimum Gasteiger partial charge on any atom is -0.617 e. The predicted octanol–water partition coefficient (Wildman–Crippen LogP) is 12.1. The van der Waals surface area contributed by atoms with Gasteiger partial charge in [-0.15, -0.1) is 0 Å². The summed E-state index contributed by atoms with van der Waals surface area (Å²) < 4.78 is 31.8. The zero-order chi connectivity index (χ0) is 30.7. The van der Waals surface area contributed by atoms with Gasteiger partial charge in [-0.05, 0) is 12.8 Å². The molecule has 0 aromatic rings. The molecule has 41 heavy (non-hydrogen) atoms. The fourth-order valence-corrected chi connectivity index (χ4v) is 5.78. The quantitative estimate of drug-likeness (QED) is 0.0457. The first-order valence-electron chi connectivity index (χ1n) is 17.7. The van der Waals surface area contributed by atoms with Crippen LogP contribution in [0.3, 0.4) is 0 Å². The molecule has 0 aliphatic carbocycles. The summed E-state index contributed by atoms with van der Waals surface area (Å²) in [6, 6.07) is 0. The van der Waals surface area contributed by atoms with Crippen LogP contribution in [-0.4, -0.2) is 35.2 Å². The van der Waals surface area contributed by atoms with E-state index in [9.17, 15) is 14.0 Å². The van der Waals surface area contributed by atoms with Crippen molar-refractivity contribution < 1.29 is 23.1 Å². The van der Waals surface area contributed by atoms with E-state index in [1.807, 2.05) is 0 Å². The molecule has 0 saturated carbocycles. The molecule has 0 atom stereocenters. The number of phosphoric ester groups is 1. The van der Waals surface area contributed by atoms with Gasteiger partial charge in [-0.2, -0.15) is 0 Å². The summed E-state index contributed by atoms with van der Waals surface area (Å²) in [7, 11) is -3.87. The molecule has 0 spiro atoms. The Morgan fingerprint density at radius 1 is 0.463 bits per heavy atom. The van der Waals surface area contributed by atoms with Crippen LogP contribution in [0.15, 0.2) is 0 Å². The van der Waals surface area contributed by atoms with Crippen molar-refractivity contribution in [2.24, 2.45) is 0 Å². The highest BCUT2D eigenvalue weighted by Gasteiger charge is 2.19. The molecular weight excluding hydrogens is 551 g/mol. The van der Waals surface area contributed by atoms with Crippen molar-refractivity contribution in [3.63, 3.8) is 0 Å². The standard InChI is InChI=1S/C32H67O4P.C2H6OS/c1-3-5-7-9-11-13-15-17-19-21-23-25-27-29-31-35-37(33,34)36-32-30-28-26-24-22-20-18-16-14-12-10-8-6-4-2;1-4(2)3/h3-32H2,1-2H3,(H,33,34);1-2H3. The fraction of sp³-hybridized carbons (Fsp3) is 1.00. The van der Waals surface area contributed by atoms with Gasteiger partial charge >= 0.3 is 7.82 Å². The second kappa shape index (κ2) is 36.6. The zero-order valence-corrected chi connectivity index (χ0v) is 29.9. The van der Waals surface area contributed by atoms with Crippen LogP contribution in [0, 0.1) is 0 Å². The third-order valence-electron chi connectivity index (χ3n) is 7.50. The average Bonchev–Trinajstić information content (AvgIpc) is 2.92. The molecular formula is C34H73O5PS. The SMILES string of the molecule is CCCCCCCCCCCCCCCCOP(=O)(O)OCCCCCCCCCCCCCCCC.C[S+](C)[O-]. The van der Waals surface area contributed by atoms with Gasteiger partial charge in [0.1, 0.15) is 0 Å². The van der Waals surface area contributed by atoms with Crippen LogP contribution in [0.25, 0.3) is 0 Å². The van der Waals surface area contributed by atoms with Gasteiger partial charge in [0.2, 0.25) is 0 Å². The van der Waals surface area contributed by atoms with Gasteiger partial charge < -0.3 is 9.45 Å². The van der Waals surface area contributed by atoms with Gasteiger partial charge in [0.25, 0.3) is 0 Å². The lowest BCUT2D eigenvalue weighted by Crippen LogP contribution is -1.99. The molecule has 0 amide bonds. The molecule has 1 N–H and O–H groups in total. The van der Waals surface area contributed by atoms with E-state index in [0.29, 0.717) is 13.2 Å². The second-order valence-corrected chi connectivity index (χ2v) is 15.0. The summed E-state index contributed by atoms with van der Waals surface area (Å²) in [6.45, 7) is 5.19. The maximum atomic E-state index is 12.0. The van der Waals surface area contributed by atoms with E-state index in [4.69, 9.17) is 9.05 Å². The number of rotatable bonds is 32. The normalized spacial score (nSPS) is 11.7. The van der Waals surface area contributed by atoms with Crippen molar-refractivity contribution in [3.8, 4) is 0 Å². The summed E-state index contributed by atoms with van der Waals surface area (Å²) in [5.74, 6) is 0. The summed E-state index contributed by atoms with van der Waals surface area (Å²) in [4.78, 5) is 9.83. The molecule has 0 saturated heterocycles. The van der Waals surface area contributed by atoms with Gasteiger partial charge in [-0.1, -0.05) is 192 Å². The first-order chi connectivity index (χ1) is 19.9. The van der Waals surface area contributed by atoms with Gasteiger partial charge in [0, 0.05) is 0 Å². The number of phosphoric acid groups is 1. The highest BCUT2D eigenvalue weighted by Crippen LogP contribution is 2.43. The van der Waals surface area contributed by atoms with Crippen molar-refractivity contribution in [3.05, 3.63) is 0 Å². The average molecular weight is 625 g/mol. The molecule has 0 bridgehead atoms. The molecule has 0 heterocycles. The van der Waals surface area contributed by atoms with E-state index in [0.717, 1.165) is 25.7 Å². The molecule has 0 unspecified atom stereocenters. The summed E-state index contributed by atoms with van der Waals surface area (Å²) in [6.07, 6.45) is 39.6. The van der Waals surface area contributed by atoms with Gasteiger partial charge in [0.05, 0.1) is 25.7 Å². The molecule has 0 rings (SSSR count). The molecule has 0 aliphatic rings. The van der Waals surface area contributed by atoms with Gasteiger partial charge in [0.15, 0.2) is 0 Å². The zero-order valence-electron chi connectivity index (χ0n) is 28.1. The van der Waals surface area contributed by atoms with Crippen LogP contribution < -0.4 is 0 Å². The summed E-state index contributed by atoms with van der Waals surface area (Å²) >= 11 is -0.611. The lowest BCUT2D eigenvalue weighted by Gasteiger charge is -2.12. The largest absolute Gasteiger partial charge is 0.617 e. The molecule has 250 valence electrons. The minimum absolute atomic E-state index is 0.324. The highest BCUT2D eigenvalue weighted by molar-refractivity contribution is 7.89. The van der Waals surface area contributed by atoms with Crippen LogP contribution in [0.4, 0.5) is 0 Å². The third kappa shape index (κ3) is 45.0. The lowest BCUT2D eigenvalue weighted by atomic mass is 10.0. The molecule has 5 nitrogen and oxygen atoms in total. The van der Waals surface area contributed by atoms with Crippen molar-refractivity contribution in [1.29, 1.82) is 0 Å². The van der Waals surface area contributed by atoms with Crippen LogP contribution >= 0.6 is 7.82 Å². The topological polar surface area (TPSA) is 78.8 Å². The highest BCUT2D eigenvalue weighted by atomic mass is 32.2. The van der Waals surface area contributed by atoms with E-state index in [2.05, 4.69) is 13.8 Å². The van der Waals surface area contributed by atoms with E-state index < -0.39 is 19.0 Å². The first kappa shape index (κ1) is 43.5. The van der Waals surface area contributed by atoms with E-state index in [-0.39, 0.29) is 0 Å². The van der Waals surface area contributed by atoms with Gasteiger partial charge in [-0.3, -0.25) is 9.05 Å².